The van der Waals surface area contributed by atoms with Crippen molar-refractivity contribution in [1.82, 2.24) is 4.98 Å². The summed E-state index contributed by atoms with van der Waals surface area (Å²) >= 11 is 0. The van der Waals surface area contributed by atoms with Crippen molar-refractivity contribution >= 4 is 28.5 Å². The van der Waals surface area contributed by atoms with Crippen molar-refractivity contribution in [3.05, 3.63) is 59.3 Å². The van der Waals surface area contributed by atoms with Gasteiger partial charge >= 0.3 is 5.97 Å². The topological polar surface area (TPSA) is 86.8 Å². The molecule has 0 fully saturated rings. The van der Waals surface area contributed by atoms with Gasteiger partial charge in [-0.3, -0.25) is 9.78 Å². The van der Waals surface area contributed by atoms with Gasteiger partial charge in [0.05, 0.1) is 25.3 Å². The Morgan fingerprint density at radius 1 is 1.09 bits per heavy atom. The van der Waals surface area contributed by atoms with Crippen LogP contribution in [0.25, 0.3) is 10.9 Å². The van der Waals surface area contributed by atoms with Crippen LogP contribution in [0.1, 0.15) is 35.0 Å². The van der Waals surface area contributed by atoms with Gasteiger partial charge in [-0.2, -0.15) is 0 Å². The molecule has 166 valence electrons. The Morgan fingerprint density at radius 2 is 1.81 bits per heavy atom. The standard InChI is InChI=1S/C25H26N2O5/c1-15-8-9-22-20(10-15)24(19-6-4-5-7-21(19)27-22)25(29)32-14-23(28)26-16-11-17(30-2)13-18(12-16)31-3/h4-7,11-13,15H,8-10,14H2,1-3H3,(H,26,28). The van der Waals surface area contributed by atoms with Crippen LogP contribution in [0.4, 0.5) is 5.69 Å². The summed E-state index contributed by atoms with van der Waals surface area (Å²) in [7, 11) is 3.06. The molecule has 0 aliphatic heterocycles. The Kier molecular flexibility index (Phi) is 6.25. The number of nitrogens with one attached hydrogen (secondary N) is 1. The number of hydrogen-bond acceptors (Lipinski definition) is 6. The summed E-state index contributed by atoms with van der Waals surface area (Å²) in [5.74, 6) is 0.589. The van der Waals surface area contributed by atoms with Crippen molar-refractivity contribution < 1.29 is 23.8 Å². The van der Waals surface area contributed by atoms with E-state index in [0.29, 0.717) is 28.7 Å². The maximum Gasteiger partial charge on any atom is 0.339 e. The highest BCUT2D eigenvalue weighted by molar-refractivity contribution is 6.06. The molecule has 1 N–H and O–H groups in total. The first-order valence-electron chi connectivity index (χ1n) is 10.6. The zero-order valence-electron chi connectivity index (χ0n) is 18.4. The second kappa shape index (κ2) is 9.26. The summed E-state index contributed by atoms with van der Waals surface area (Å²) in [4.78, 5) is 30.4. The van der Waals surface area contributed by atoms with Crippen molar-refractivity contribution in [3.8, 4) is 11.5 Å². The molecule has 0 spiro atoms. The molecule has 1 aromatic heterocycles. The second-order valence-electron chi connectivity index (χ2n) is 8.00. The van der Waals surface area contributed by atoms with Crippen LogP contribution in [0.5, 0.6) is 11.5 Å². The molecule has 3 aromatic rings. The van der Waals surface area contributed by atoms with E-state index in [1.165, 1.54) is 14.2 Å². The molecule has 7 nitrogen and oxygen atoms in total. The quantitative estimate of drug-likeness (QED) is 0.586. The Labute approximate surface area is 186 Å². The molecule has 2 aromatic carbocycles. The van der Waals surface area contributed by atoms with Gasteiger partial charge in [0.25, 0.3) is 5.91 Å². The van der Waals surface area contributed by atoms with Gasteiger partial charge in [-0.25, -0.2) is 4.79 Å². The fraction of sp³-hybridized carbons (Fsp3) is 0.320. The molecule has 32 heavy (non-hydrogen) atoms. The molecule has 0 radical (unpaired) electrons. The van der Waals surface area contributed by atoms with Crippen LogP contribution in [-0.4, -0.2) is 37.7 Å². The summed E-state index contributed by atoms with van der Waals surface area (Å²) in [5, 5.41) is 3.47. The SMILES string of the molecule is COc1cc(NC(=O)COC(=O)c2c3c(nc4ccccc24)CCC(C)C3)cc(OC)c1. The lowest BCUT2D eigenvalue weighted by Gasteiger charge is -2.24. The van der Waals surface area contributed by atoms with Crippen molar-refractivity contribution in [3.63, 3.8) is 0 Å². The smallest absolute Gasteiger partial charge is 0.339 e. The Balaban J connectivity index is 1.53. The molecule has 1 amide bonds. The lowest BCUT2D eigenvalue weighted by molar-refractivity contribution is -0.119. The van der Waals surface area contributed by atoms with Gasteiger partial charge in [0.1, 0.15) is 11.5 Å². The molecule has 0 saturated carbocycles. The summed E-state index contributed by atoms with van der Waals surface area (Å²) in [6, 6.07) is 12.6. The van der Waals surface area contributed by atoms with Gasteiger partial charge in [0.15, 0.2) is 6.61 Å². The molecule has 1 aliphatic carbocycles. The Hall–Kier alpha value is -3.61. The van der Waals surface area contributed by atoms with Crippen molar-refractivity contribution in [2.24, 2.45) is 5.92 Å². The number of benzene rings is 2. The first-order chi connectivity index (χ1) is 15.5. The van der Waals surface area contributed by atoms with E-state index in [1.807, 2.05) is 24.3 Å². The van der Waals surface area contributed by atoms with Gasteiger partial charge in [-0.1, -0.05) is 25.1 Å². The normalized spacial score (nSPS) is 15.0. The van der Waals surface area contributed by atoms with Crippen LogP contribution < -0.4 is 14.8 Å². The average molecular weight is 434 g/mol. The zero-order chi connectivity index (χ0) is 22.7. The minimum Gasteiger partial charge on any atom is -0.497 e. The molecule has 0 saturated heterocycles. The van der Waals surface area contributed by atoms with E-state index < -0.39 is 18.5 Å². The minimum absolute atomic E-state index is 0.403. The zero-order valence-corrected chi connectivity index (χ0v) is 18.4. The fourth-order valence-electron chi connectivity index (χ4n) is 4.08. The first kappa shape index (κ1) is 21.6. The number of para-hydroxylation sites is 1. The van der Waals surface area contributed by atoms with Crippen molar-refractivity contribution in [1.29, 1.82) is 0 Å². The van der Waals surface area contributed by atoms with Crippen LogP contribution >= 0.6 is 0 Å². The monoisotopic (exact) mass is 434 g/mol. The van der Waals surface area contributed by atoms with Gasteiger partial charge in [-0.05, 0) is 36.8 Å². The summed E-state index contributed by atoms with van der Waals surface area (Å²) in [6.07, 6.45) is 2.65. The minimum atomic E-state index is -0.507. The number of hydrogen-bond donors (Lipinski definition) is 1. The molecule has 4 rings (SSSR count). The number of fused-ring (bicyclic) bond motifs is 2. The van der Waals surface area contributed by atoms with E-state index >= 15 is 0 Å². The predicted molar refractivity (Wildman–Crippen MR) is 121 cm³/mol. The van der Waals surface area contributed by atoms with E-state index in [1.54, 1.807) is 18.2 Å². The average Bonchev–Trinajstić information content (AvgIpc) is 2.80. The maximum atomic E-state index is 13.1. The van der Waals surface area contributed by atoms with E-state index in [2.05, 4.69) is 12.2 Å². The highest BCUT2D eigenvalue weighted by Crippen LogP contribution is 2.32. The van der Waals surface area contributed by atoms with Gasteiger partial charge in [-0.15, -0.1) is 0 Å². The molecule has 0 bridgehead atoms. The highest BCUT2D eigenvalue weighted by atomic mass is 16.5. The number of carbonyl (C=O) groups excluding carboxylic acids is 2. The highest BCUT2D eigenvalue weighted by Gasteiger charge is 2.26. The number of amides is 1. The summed E-state index contributed by atoms with van der Waals surface area (Å²) < 4.78 is 15.9. The lowest BCUT2D eigenvalue weighted by Crippen LogP contribution is -2.23. The van der Waals surface area contributed by atoms with Gasteiger partial charge in [0, 0.05) is 35.0 Å². The van der Waals surface area contributed by atoms with E-state index in [4.69, 9.17) is 19.2 Å². The van der Waals surface area contributed by atoms with Crippen LogP contribution in [0.3, 0.4) is 0 Å². The molecular weight excluding hydrogens is 408 g/mol. The predicted octanol–water partition coefficient (Wildman–Crippen LogP) is 4.17. The number of methoxy groups -OCH3 is 2. The number of aryl methyl sites for hydroxylation is 1. The Bertz CT molecular complexity index is 1150. The number of nitrogens with zero attached hydrogens (tertiary/aromatic N) is 1. The molecule has 1 heterocycles. The molecule has 1 aliphatic rings. The summed E-state index contributed by atoms with van der Waals surface area (Å²) in [6.45, 7) is 1.77. The largest absolute Gasteiger partial charge is 0.497 e. The molecule has 7 heteroatoms. The fourth-order valence-corrected chi connectivity index (χ4v) is 4.08. The number of carbonyl (C=O) groups is 2. The van der Waals surface area contributed by atoms with Crippen LogP contribution in [0.15, 0.2) is 42.5 Å². The number of anilines is 1. The number of pyridine rings is 1. The molecule has 1 unspecified atom stereocenters. The van der Waals surface area contributed by atoms with E-state index in [0.717, 1.165) is 41.4 Å². The molecule has 1 atom stereocenters. The third-order valence-corrected chi connectivity index (χ3v) is 5.68. The second-order valence-corrected chi connectivity index (χ2v) is 8.00. The van der Waals surface area contributed by atoms with Gasteiger partial charge < -0.3 is 19.5 Å². The number of aromatic nitrogens is 1. The third-order valence-electron chi connectivity index (χ3n) is 5.68. The first-order valence-corrected chi connectivity index (χ1v) is 10.6. The number of esters is 1. The third kappa shape index (κ3) is 4.51. The molecular formula is C25H26N2O5. The van der Waals surface area contributed by atoms with Crippen LogP contribution in [-0.2, 0) is 22.4 Å². The van der Waals surface area contributed by atoms with Gasteiger partial charge in [0.2, 0.25) is 0 Å². The van der Waals surface area contributed by atoms with Crippen LogP contribution in [0.2, 0.25) is 0 Å². The lowest BCUT2D eigenvalue weighted by atomic mass is 9.84. The van der Waals surface area contributed by atoms with E-state index in [-0.39, 0.29) is 0 Å². The maximum absolute atomic E-state index is 13.1. The van der Waals surface area contributed by atoms with Crippen LogP contribution in [0, 0.1) is 5.92 Å². The van der Waals surface area contributed by atoms with Crippen molar-refractivity contribution in [2.45, 2.75) is 26.2 Å². The Morgan fingerprint density at radius 3 is 2.53 bits per heavy atom. The van der Waals surface area contributed by atoms with Crippen molar-refractivity contribution in [2.75, 3.05) is 26.1 Å². The summed E-state index contributed by atoms with van der Waals surface area (Å²) in [5.41, 5.74) is 3.66. The number of ether oxygens (including phenoxy) is 3. The number of rotatable bonds is 6. The van der Waals surface area contributed by atoms with E-state index in [9.17, 15) is 9.59 Å².